The van der Waals surface area contributed by atoms with Gasteiger partial charge in [0.1, 0.15) is 5.65 Å². The molecule has 78 heavy (non-hydrogen) atoms. The van der Waals surface area contributed by atoms with Gasteiger partial charge in [-0.1, -0.05) is 170 Å². The third-order valence-corrected chi connectivity index (χ3v) is 17.5. The van der Waals surface area contributed by atoms with Crippen LogP contribution in [0.15, 0.2) is 249 Å². The molecule has 0 unspecified atom stereocenters. The van der Waals surface area contributed by atoms with E-state index in [0.29, 0.717) is 0 Å². The van der Waals surface area contributed by atoms with Crippen LogP contribution < -0.4 is 0 Å². The molecule has 19 rings (SSSR count). The van der Waals surface area contributed by atoms with Gasteiger partial charge in [-0.05, 0) is 112 Å². The monoisotopic (exact) mass is 987 g/mol. The Balaban J connectivity index is 0.931. The van der Waals surface area contributed by atoms with Gasteiger partial charge in [-0.15, -0.1) is 0 Å². The van der Waals surface area contributed by atoms with Gasteiger partial charge >= 0.3 is 0 Å². The highest BCUT2D eigenvalue weighted by molar-refractivity contribution is 6.37. The van der Waals surface area contributed by atoms with Crippen LogP contribution in [0, 0.1) is 0 Å². The highest BCUT2D eigenvalue weighted by Crippen LogP contribution is 2.50. The molecule has 0 saturated heterocycles. The summed E-state index contributed by atoms with van der Waals surface area (Å²) < 4.78 is 9.89. The van der Waals surface area contributed by atoms with E-state index in [9.17, 15) is 0 Å². The van der Waals surface area contributed by atoms with Crippen LogP contribution in [-0.4, -0.2) is 22.9 Å². The van der Waals surface area contributed by atoms with Crippen molar-refractivity contribution >= 4 is 142 Å². The molecule has 5 heteroatoms. The Labute approximate surface area is 444 Å². The van der Waals surface area contributed by atoms with Gasteiger partial charge in [0.05, 0.1) is 55.2 Å². The second-order valence-electron chi connectivity index (χ2n) is 21.4. The van der Waals surface area contributed by atoms with Crippen LogP contribution >= 0.6 is 0 Å². The normalized spacial score (nSPS) is 12.6. The number of pyridine rings is 1. The third kappa shape index (κ3) is 5.09. The number of benzene rings is 12. The number of hydrogen-bond donors (Lipinski definition) is 0. The first kappa shape index (κ1) is 40.8. The lowest BCUT2D eigenvalue weighted by molar-refractivity contribution is 1.18. The Kier molecular flexibility index (Phi) is 7.68. The van der Waals surface area contributed by atoms with E-state index in [1.54, 1.807) is 0 Å². The molecule has 0 aliphatic heterocycles. The SMILES string of the molecule is c1ccc(-n2c3ccccc3c3cc(-c4cc5ccccc5c5c6cc7ccccc7c7c8nc9c(cc8n(c45)c67)c4cccc5c6cccc(-c7ccc8c(c7)c7ccccc7n8-c7ccccc7)c6n9c45)ccc32)cc1. The minimum absolute atomic E-state index is 0.978. The van der Waals surface area contributed by atoms with Crippen LogP contribution in [0.5, 0.6) is 0 Å². The highest BCUT2D eigenvalue weighted by Gasteiger charge is 2.28. The number of rotatable bonds is 4. The molecule has 12 aromatic carbocycles. The summed E-state index contributed by atoms with van der Waals surface area (Å²) in [5, 5.41) is 18.4. The average molecular weight is 988 g/mol. The van der Waals surface area contributed by atoms with E-state index < -0.39 is 0 Å². The van der Waals surface area contributed by atoms with Gasteiger partial charge in [0, 0.05) is 81.8 Å². The van der Waals surface area contributed by atoms with E-state index in [1.165, 1.54) is 142 Å². The molecule has 19 aromatic rings. The fourth-order valence-corrected chi connectivity index (χ4v) is 14.4. The van der Waals surface area contributed by atoms with E-state index in [2.05, 4.69) is 267 Å². The Bertz CT molecular complexity index is 5790. The molecular weight excluding hydrogens is 947 g/mol. The summed E-state index contributed by atoms with van der Waals surface area (Å²) in [6.45, 7) is 0. The molecule has 0 aliphatic carbocycles. The summed E-state index contributed by atoms with van der Waals surface area (Å²) in [7, 11) is 0. The molecule has 0 spiro atoms. The lowest BCUT2D eigenvalue weighted by atomic mass is 9.94. The largest absolute Gasteiger partial charge is 0.309 e. The van der Waals surface area contributed by atoms with Crippen molar-refractivity contribution in [2.24, 2.45) is 0 Å². The Morgan fingerprint density at radius 3 is 1.41 bits per heavy atom. The van der Waals surface area contributed by atoms with Crippen molar-refractivity contribution in [3.8, 4) is 33.6 Å². The summed E-state index contributed by atoms with van der Waals surface area (Å²) in [6.07, 6.45) is 0. The summed E-state index contributed by atoms with van der Waals surface area (Å²) >= 11 is 0. The van der Waals surface area contributed by atoms with Crippen molar-refractivity contribution in [2.75, 3.05) is 0 Å². The predicted molar refractivity (Wildman–Crippen MR) is 328 cm³/mol. The molecular formula is C73H41N5. The lowest BCUT2D eigenvalue weighted by Crippen LogP contribution is -1.93. The summed E-state index contributed by atoms with van der Waals surface area (Å²) in [4.78, 5) is 6.03. The molecule has 0 amide bonds. The van der Waals surface area contributed by atoms with Crippen molar-refractivity contribution in [2.45, 2.75) is 0 Å². The lowest BCUT2D eigenvalue weighted by Gasteiger charge is -2.12. The minimum atomic E-state index is 0.978. The van der Waals surface area contributed by atoms with Crippen LogP contribution in [0.2, 0.25) is 0 Å². The Morgan fingerprint density at radius 2 is 0.756 bits per heavy atom. The summed E-state index contributed by atoms with van der Waals surface area (Å²) in [6, 6.07) is 92.2. The topological polar surface area (TPSA) is 31.6 Å². The molecule has 7 heterocycles. The smallest absolute Gasteiger partial charge is 0.146 e. The first-order chi connectivity index (χ1) is 38.7. The molecule has 0 saturated carbocycles. The number of para-hydroxylation sites is 6. The zero-order chi connectivity index (χ0) is 50.5. The highest BCUT2D eigenvalue weighted by atomic mass is 15.0. The minimum Gasteiger partial charge on any atom is -0.309 e. The Morgan fingerprint density at radius 1 is 0.256 bits per heavy atom. The molecule has 0 radical (unpaired) electrons. The van der Waals surface area contributed by atoms with Gasteiger partial charge < -0.3 is 13.5 Å². The van der Waals surface area contributed by atoms with Gasteiger partial charge in [0.2, 0.25) is 0 Å². The molecule has 5 nitrogen and oxygen atoms in total. The van der Waals surface area contributed by atoms with Crippen LogP contribution in [0.1, 0.15) is 0 Å². The van der Waals surface area contributed by atoms with E-state index in [0.717, 1.165) is 33.4 Å². The summed E-state index contributed by atoms with van der Waals surface area (Å²) in [5.74, 6) is 0. The predicted octanol–water partition coefficient (Wildman–Crippen LogP) is 19.2. The fraction of sp³-hybridized carbons (Fsp3) is 0. The first-order valence-corrected chi connectivity index (χ1v) is 27.0. The second-order valence-corrected chi connectivity index (χ2v) is 21.4. The molecule has 0 atom stereocenters. The van der Waals surface area contributed by atoms with E-state index in [-0.39, 0.29) is 0 Å². The average Bonchev–Trinajstić information content (AvgIpc) is 3.38. The second kappa shape index (κ2) is 14.7. The van der Waals surface area contributed by atoms with Crippen LogP contribution in [0.25, 0.3) is 175 Å². The maximum absolute atomic E-state index is 6.03. The summed E-state index contributed by atoms with van der Waals surface area (Å²) in [5.41, 5.74) is 19.8. The molecule has 0 bridgehead atoms. The number of aromatic nitrogens is 5. The maximum Gasteiger partial charge on any atom is 0.146 e. The maximum atomic E-state index is 6.03. The number of nitrogens with zero attached hydrogens (tertiary/aromatic N) is 5. The van der Waals surface area contributed by atoms with Crippen molar-refractivity contribution < 1.29 is 0 Å². The third-order valence-electron chi connectivity index (χ3n) is 17.5. The zero-order valence-electron chi connectivity index (χ0n) is 41.9. The molecule has 0 aliphatic rings. The van der Waals surface area contributed by atoms with Crippen molar-refractivity contribution in [3.63, 3.8) is 0 Å². The zero-order valence-corrected chi connectivity index (χ0v) is 41.9. The molecule has 358 valence electrons. The molecule has 7 aromatic heterocycles. The fourth-order valence-electron chi connectivity index (χ4n) is 14.4. The van der Waals surface area contributed by atoms with Gasteiger partial charge in [0.15, 0.2) is 0 Å². The standard InChI is InChI=1S/C73H41N5/c1-3-19-46(20-4-1)75-61-31-13-11-25-51(61)57-38-44(33-35-63(57)75)50-27-15-28-53-54-29-16-30-55-59-41-65-68(74-73(59)78(69(50)53)70(54)55)67-49-24-10-8-18-43(49)40-60-66-48-23-9-7-17-42(48)37-56(71(66)77(65)72(60)67)45-34-36-64-58(39-45)52-26-12-14-32-62(52)76(64)47-21-5-2-6-22-47/h1-41H. The van der Waals surface area contributed by atoms with Gasteiger partial charge in [-0.2, -0.15) is 0 Å². The van der Waals surface area contributed by atoms with Gasteiger partial charge in [0.25, 0.3) is 0 Å². The first-order valence-electron chi connectivity index (χ1n) is 27.0. The van der Waals surface area contributed by atoms with Crippen molar-refractivity contribution in [1.82, 2.24) is 22.9 Å². The van der Waals surface area contributed by atoms with Gasteiger partial charge in [-0.25, -0.2) is 4.98 Å². The number of fused-ring (bicyclic) bond motifs is 22. The van der Waals surface area contributed by atoms with Gasteiger partial charge in [-0.3, -0.25) is 4.40 Å². The quantitative estimate of drug-likeness (QED) is 0.173. The van der Waals surface area contributed by atoms with Crippen LogP contribution in [0.3, 0.4) is 0 Å². The molecule has 0 fully saturated rings. The Hall–Kier alpha value is -10.5. The van der Waals surface area contributed by atoms with E-state index in [4.69, 9.17) is 4.98 Å². The van der Waals surface area contributed by atoms with E-state index in [1.807, 2.05) is 0 Å². The van der Waals surface area contributed by atoms with Crippen LogP contribution in [0.4, 0.5) is 0 Å². The van der Waals surface area contributed by atoms with Crippen molar-refractivity contribution in [3.05, 3.63) is 249 Å². The number of hydrogen-bond acceptors (Lipinski definition) is 1. The molecule has 0 N–H and O–H groups in total. The van der Waals surface area contributed by atoms with E-state index >= 15 is 0 Å². The van der Waals surface area contributed by atoms with Crippen LogP contribution in [-0.2, 0) is 0 Å². The van der Waals surface area contributed by atoms with Crippen molar-refractivity contribution in [1.29, 1.82) is 0 Å².